The summed E-state index contributed by atoms with van der Waals surface area (Å²) in [6.07, 6.45) is 0.922. The van der Waals surface area contributed by atoms with E-state index in [0.29, 0.717) is 12.5 Å². The van der Waals surface area contributed by atoms with Crippen molar-refractivity contribution in [3.05, 3.63) is 0 Å². The highest BCUT2D eigenvalue weighted by atomic mass is 16.5. The molecular formula is C11H20N2O4. The van der Waals surface area contributed by atoms with Crippen molar-refractivity contribution in [2.45, 2.75) is 25.8 Å². The zero-order chi connectivity index (χ0) is 12.8. The number of carboxylic acids is 1. The molecule has 1 fully saturated rings. The van der Waals surface area contributed by atoms with Crippen molar-refractivity contribution in [3.8, 4) is 0 Å². The van der Waals surface area contributed by atoms with Crippen LogP contribution in [0.2, 0.25) is 0 Å². The summed E-state index contributed by atoms with van der Waals surface area (Å²) in [7, 11) is 1.59. The lowest BCUT2D eigenvalue weighted by atomic mass is 10.0. The van der Waals surface area contributed by atoms with Crippen molar-refractivity contribution in [1.82, 2.24) is 10.2 Å². The van der Waals surface area contributed by atoms with Gasteiger partial charge in [0.25, 0.3) is 0 Å². The Morgan fingerprint density at radius 1 is 1.59 bits per heavy atom. The summed E-state index contributed by atoms with van der Waals surface area (Å²) in [5.41, 5.74) is 0. The molecule has 2 amide bonds. The van der Waals surface area contributed by atoms with E-state index in [1.54, 1.807) is 7.05 Å². The van der Waals surface area contributed by atoms with Crippen LogP contribution in [0.5, 0.6) is 0 Å². The van der Waals surface area contributed by atoms with Gasteiger partial charge in [-0.3, -0.25) is 4.79 Å². The predicted octanol–water partition coefficient (Wildman–Crippen LogP) is 0.527. The van der Waals surface area contributed by atoms with E-state index < -0.39 is 5.97 Å². The van der Waals surface area contributed by atoms with Gasteiger partial charge in [0, 0.05) is 32.2 Å². The molecule has 0 spiro atoms. The fourth-order valence-corrected chi connectivity index (χ4v) is 1.73. The van der Waals surface area contributed by atoms with Crippen LogP contribution < -0.4 is 5.32 Å². The van der Waals surface area contributed by atoms with E-state index in [1.165, 1.54) is 4.90 Å². The van der Waals surface area contributed by atoms with Crippen molar-refractivity contribution < 1.29 is 19.4 Å². The minimum absolute atomic E-state index is 0.0369. The van der Waals surface area contributed by atoms with Crippen LogP contribution in [0.15, 0.2) is 0 Å². The Kier molecular flexibility index (Phi) is 5.21. The number of hydrogen-bond donors (Lipinski definition) is 2. The number of ether oxygens (including phenoxy) is 1. The van der Waals surface area contributed by atoms with E-state index >= 15 is 0 Å². The maximum Gasteiger partial charge on any atom is 0.317 e. The minimum Gasteiger partial charge on any atom is -0.481 e. The zero-order valence-corrected chi connectivity index (χ0v) is 10.3. The van der Waals surface area contributed by atoms with Gasteiger partial charge in [0.1, 0.15) is 0 Å². The lowest BCUT2D eigenvalue weighted by Gasteiger charge is -2.23. The number of urea groups is 1. The quantitative estimate of drug-likeness (QED) is 0.739. The number of nitrogens with zero attached hydrogens (tertiary/aromatic N) is 1. The van der Waals surface area contributed by atoms with Crippen LogP contribution in [0.1, 0.15) is 19.8 Å². The van der Waals surface area contributed by atoms with Gasteiger partial charge in [0.05, 0.1) is 13.0 Å². The Morgan fingerprint density at radius 3 is 2.82 bits per heavy atom. The first kappa shape index (κ1) is 13.8. The highest BCUT2D eigenvalue weighted by molar-refractivity contribution is 5.75. The summed E-state index contributed by atoms with van der Waals surface area (Å²) < 4.78 is 5.26. The van der Waals surface area contributed by atoms with Crippen LogP contribution in [0.3, 0.4) is 0 Å². The van der Waals surface area contributed by atoms with Crippen LogP contribution in [0.25, 0.3) is 0 Å². The molecule has 17 heavy (non-hydrogen) atoms. The molecule has 0 aromatic rings. The molecule has 0 bridgehead atoms. The summed E-state index contributed by atoms with van der Waals surface area (Å²) in [5.74, 6) is -0.547. The third-order valence-corrected chi connectivity index (χ3v) is 3.03. The second kappa shape index (κ2) is 6.44. The smallest absolute Gasteiger partial charge is 0.317 e. The first-order valence-electron chi connectivity index (χ1n) is 5.82. The highest BCUT2D eigenvalue weighted by Gasteiger charge is 2.24. The molecule has 0 saturated carbocycles. The monoisotopic (exact) mass is 244 g/mol. The lowest BCUT2D eigenvalue weighted by Crippen LogP contribution is -2.45. The van der Waals surface area contributed by atoms with Gasteiger partial charge < -0.3 is 20.1 Å². The number of nitrogens with one attached hydrogen (secondary N) is 1. The van der Waals surface area contributed by atoms with Gasteiger partial charge in [-0.15, -0.1) is 0 Å². The summed E-state index contributed by atoms with van der Waals surface area (Å²) >= 11 is 0. The Labute approximate surface area is 101 Å². The average Bonchev–Trinajstić information content (AvgIpc) is 2.78. The molecule has 6 heteroatoms. The van der Waals surface area contributed by atoms with Crippen LogP contribution in [0, 0.1) is 5.92 Å². The van der Waals surface area contributed by atoms with Crippen LogP contribution in [-0.4, -0.2) is 54.9 Å². The minimum atomic E-state index is -0.901. The predicted molar refractivity (Wildman–Crippen MR) is 61.8 cm³/mol. The maximum absolute atomic E-state index is 11.7. The topological polar surface area (TPSA) is 78.9 Å². The number of rotatable bonds is 5. The largest absolute Gasteiger partial charge is 0.481 e. The Bertz CT molecular complexity index is 277. The lowest BCUT2D eigenvalue weighted by molar-refractivity contribution is -0.137. The second-order valence-electron chi connectivity index (χ2n) is 4.43. The molecule has 6 nitrogen and oxygen atoms in total. The van der Waals surface area contributed by atoms with Gasteiger partial charge in [0.2, 0.25) is 0 Å². The Morgan fingerprint density at radius 2 is 2.29 bits per heavy atom. The van der Waals surface area contributed by atoms with Gasteiger partial charge in [-0.2, -0.15) is 0 Å². The van der Waals surface area contributed by atoms with Crippen LogP contribution in [-0.2, 0) is 9.53 Å². The molecular weight excluding hydrogens is 224 g/mol. The molecule has 1 aliphatic heterocycles. The molecule has 98 valence electrons. The van der Waals surface area contributed by atoms with E-state index in [-0.39, 0.29) is 25.0 Å². The number of hydrogen-bond acceptors (Lipinski definition) is 3. The normalized spacial score (nSPS) is 20.9. The molecule has 1 saturated heterocycles. The first-order valence-corrected chi connectivity index (χ1v) is 5.82. The molecule has 2 atom stereocenters. The highest BCUT2D eigenvalue weighted by Crippen LogP contribution is 2.16. The standard InChI is InChI=1S/C11H20N2O4/c1-8(9-4-6-17-7-9)12-11(16)13(2)5-3-10(14)15/h8-9H,3-7H2,1-2H3,(H,12,16)(H,14,15). The molecule has 1 rings (SSSR count). The van der Waals surface area contributed by atoms with Crippen molar-refractivity contribution in [2.75, 3.05) is 26.8 Å². The van der Waals surface area contributed by atoms with Crippen LogP contribution in [0.4, 0.5) is 4.79 Å². The Balaban J connectivity index is 2.29. The fourth-order valence-electron chi connectivity index (χ4n) is 1.73. The van der Waals surface area contributed by atoms with E-state index in [0.717, 1.165) is 13.0 Å². The number of carbonyl (C=O) groups is 2. The first-order chi connectivity index (χ1) is 8.00. The Hall–Kier alpha value is -1.30. The molecule has 0 aromatic heterocycles. The van der Waals surface area contributed by atoms with E-state index in [2.05, 4.69) is 5.32 Å². The van der Waals surface area contributed by atoms with Crippen molar-refractivity contribution >= 4 is 12.0 Å². The molecule has 2 unspecified atom stereocenters. The SMILES string of the molecule is CC(NC(=O)N(C)CCC(=O)O)C1CCOC1. The van der Waals surface area contributed by atoms with Crippen molar-refractivity contribution in [1.29, 1.82) is 0 Å². The molecule has 0 radical (unpaired) electrons. The third kappa shape index (κ3) is 4.60. The fraction of sp³-hybridized carbons (Fsp3) is 0.818. The zero-order valence-electron chi connectivity index (χ0n) is 10.3. The van der Waals surface area contributed by atoms with Crippen LogP contribution >= 0.6 is 0 Å². The van der Waals surface area contributed by atoms with Crippen molar-refractivity contribution in [3.63, 3.8) is 0 Å². The number of aliphatic carboxylic acids is 1. The summed E-state index contributed by atoms with van der Waals surface area (Å²) in [5, 5.41) is 11.4. The molecule has 1 aliphatic rings. The second-order valence-corrected chi connectivity index (χ2v) is 4.43. The van der Waals surface area contributed by atoms with Crippen molar-refractivity contribution in [2.24, 2.45) is 5.92 Å². The summed E-state index contributed by atoms with van der Waals surface area (Å²) in [6, 6.07) is -0.178. The molecule has 1 heterocycles. The van der Waals surface area contributed by atoms with Gasteiger partial charge in [-0.25, -0.2) is 4.79 Å². The van der Waals surface area contributed by atoms with Gasteiger partial charge in [0.15, 0.2) is 0 Å². The van der Waals surface area contributed by atoms with Gasteiger partial charge >= 0.3 is 12.0 Å². The van der Waals surface area contributed by atoms with E-state index in [4.69, 9.17) is 9.84 Å². The molecule has 0 aliphatic carbocycles. The van der Waals surface area contributed by atoms with Gasteiger partial charge in [-0.1, -0.05) is 0 Å². The number of amides is 2. The maximum atomic E-state index is 11.7. The number of carboxylic acid groups (broad SMARTS) is 1. The van der Waals surface area contributed by atoms with E-state index in [9.17, 15) is 9.59 Å². The summed E-state index contributed by atoms with van der Waals surface area (Å²) in [6.45, 7) is 3.59. The molecule has 2 N–H and O–H groups in total. The summed E-state index contributed by atoms with van der Waals surface area (Å²) in [4.78, 5) is 23.5. The van der Waals surface area contributed by atoms with Gasteiger partial charge in [-0.05, 0) is 13.3 Å². The van der Waals surface area contributed by atoms with E-state index in [1.807, 2.05) is 6.92 Å². The molecule has 0 aromatic carbocycles. The average molecular weight is 244 g/mol. The third-order valence-electron chi connectivity index (χ3n) is 3.03. The number of carbonyl (C=O) groups excluding carboxylic acids is 1.